The summed E-state index contributed by atoms with van der Waals surface area (Å²) in [6, 6.07) is 16.7. The molecule has 1 aromatic heterocycles. The van der Waals surface area contributed by atoms with Gasteiger partial charge in [-0.15, -0.1) is 12.4 Å². The maximum Gasteiger partial charge on any atom is 0.271 e. The van der Waals surface area contributed by atoms with E-state index in [2.05, 4.69) is 25.6 Å². The summed E-state index contributed by atoms with van der Waals surface area (Å²) in [6.07, 6.45) is 3.52. The second-order valence-electron chi connectivity index (χ2n) is 11.4. The van der Waals surface area contributed by atoms with Gasteiger partial charge >= 0.3 is 0 Å². The van der Waals surface area contributed by atoms with Crippen LogP contribution in [0.15, 0.2) is 70.4 Å². The fourth-order valence-corrected chi connectivity index (χ4v) is 6.62. The van der Waals surface area contributed by atoms with Crippen LogP contribution in [0.3, 0.4) is 0 Å². The lowest BCUT2D eigenvalue weighted by molar-refractivity contribution is -0.130. The Morgan fingerprint density at radius 1 is 0.978 bits per heavy atom. The average Bonchev–Trinajstić information content (AvgIpc) is 3.40. The number of fused-ring (bicyclic) bond motifs is 1. The molecule has 0 unspecified atom stereocenters. The topological polar surface area (TPSA) is 179 Å². The molecule has 2 amide bonds. The van der Waals surface area contributed by atoms with Crippen molar-refractivity contribution >= 4 is 50.8 Å². The van der Waals surface area contributed by atoms with Crippen molar-refractivity contribution in [1.29, 1.82) is 0 Å². The molecule has 1 fully saturated rings. The molecule has 1 heterocycles. The molecular formula is C32H39ClN6O5S. The van der Waals surface area contributed by atoms with Gasteiger partial charge in [-0.1, -0.05) is 30.3 Å². The first-order chi connectivity index (χ1) is 21.1. The molecule has 3 aromatic carbocycles. The Balaban J connectivity index is 0.00000461. The van der Waals surface area contributed by atoms with Gasteiger partial charge in [-0.25, -0.2) is 13.1 Å². The van der Waals surface area contributed by atoms with Gasteiger partial charge in [-0.05, 0) is 105 Å². The van der Waals surface area contributed by atoms with Crippen LogP contribution in [-0.2, 0) is 26.0 Å². The Morgan fingerprint density at radius 2 is 1.69 bits per heavy atom. The monoisotopic (exact) mass is 654 g/mol. The highest BCUT2D eigenvalue weighted by Gasteiger charge is 2.29. The normalized spacial score (nSPS) is 17.3. The second-order valence-corrected chi connectivity index (χ2v) is 13.3. The summed E-state index contributed by atoms with van der Waals surface area (Å²) in [5.74, 6) is -0.254. The molecule has 1 aliphatic carbocycles. The van der Waals surface area contributed by atoms with E-state index >= 15 is 0 Å². The summed E-state index contributed by atoms with van der Waals surface area (Å²) in [6.45, 7) is 2.47. The van der Waals surface area contributed by atoms with Crippen LogP contribution in [0.5, 0.6) is 0 Å². The van der Waals surface area contributed by atoms with Crippen molar-refractivity contribution in [1.82, 2.24) is 20.2 Å². The number of hydrogen-bond acceptors (Lipinski definition) is 6. The van der Waals surface area contributed by atoms with Crippen LogP contribution < -0.4 is 26.6 Å². The zero-order chi connectivity index (χ0) is 31.4. The van der Waals surface area contributed by atoms with Gasteiger partial charge in [0.25, 0.3) is 5.56 Å². The predicted octanol–water partition coefficient (Wildman–Crippen LogP) is 3.59. The molecule has 0 saturated heterocycles. The third-order valence-electron chi connectivity index (χ3n) is 8.51. The highest BCUT2D eigenvalue weighted by atomic mass is 35.5. The number of nitrogens with two attached hydrogens (primary N) is 1. The molecule has 0 bridgehead atoms. The number of aromatic nitrogens is 2. The van der Waals surface area contributed by atoms with Gasteiger partial charge in [-0.2, -0.15) is 0 Å². The van der Waals surface area contributed by atoms with Crippen molar-refractivity contribution in [2.45, 2.75) is 50.0 Å². The van der Waals surface area contributed by atoms with Gasteiger partial charge in [0.05, 0.1) is 15.8 Å². The molecule has 7 N–H and O–H groups in total. The number of anilines is 1. The first-order valence-electron chi connectivity index (χ1n) is 14.7. The molecule has 0 aliphatic heterocycles. The summed E-state index contributed by atoms with van der Waals surface area (Å²) < 4.78 is 26.7. The minimum absolute atomic E-state index is 0. The van der Waals surface area contributed by atoms with E-state index in [9.17, 15) is 22.8 Å². The van der Waals surface area contributed by atoms with Gasteiger partial charge in [0.2, 0.25) is 21.8 Å². The second kappa shape index (κ2) is 14.4. The van der Waals surface area contributed by atoms with E-state index in [1.54, 1.807) is 36.4 Å². The Labute approximate surface area is 268 Å². The van der Waals surface area contributed by atoms with E-state index in [1.807, 2.05) is 31.2 Å². The quantitative estimate of drug-likeness (QED) is 0.152. The smallest absolute Gasteiger partial charge is 0.271 e. The summed E-state index contributed by atoms with van der Waals surface area (Å²) in [4.78, 5) is 39.0. The van der Waals surface area contributed by atoms with Gasteiger partial charge < -0.3 is 16.4 Å². The molecule has 1 saturated carbocycles. The van der Waals surface area contributed by atoms with E-state index in [0.29, 0.717) is 29.1 Å². The third-order valence-corrected chi connectivity index (χ3v) is 9.92. The van der Waals surface area contributed by atoms with Gasteiger partial charge in [0, 0.05) is 18.0 Å². The highest BCUT2D eigenvalue weighted by molar-refractivity contribution is 7.89. The van der Waals surface area contributed by atoms with E-state index in [0.717, 1.165) is 47.9 Å². The Hall–Kier alpha value is -3.97. The minimum Gasteiger partial charge on any atom is -0.344 e. The van der Waals surface area contributed by atoms with Crippen molar-refractivity contribution in [3.63, 3.8) is 0 Å². The summed E-state index contributed by atoms with van der Waals surface area (Å²) >= 11 is 0. The molecule has 45 heavy (non-hydrogen) atoms. The molecule has 0 radical (unpaired) electrons. The number of carbonyl (C=O) groups is 2. The minimum atomic E-state index is -3.55. The fraction of sp³-hybridized carbons (Fsp3) is 0.344. The molecule has 11 nitrogen and oxygen atoms in total. The number of benzene rings is 3. The lowest BCUT2D eigenvalue weighted by Crippen LogP contribution is -2.48. The van der Waals surface area contributed by atoms with Crippen LogP contribution >= 0.6 is 12.4 Å². The van der Waals surface area contributed by atoms with E-state index < -0.39 is 16.1 Å². The van der Waals surface area contributed by atoms with E-state index in [4.69, 9.17) is 5.73 Å². The lowest BCUT2D eigenvalue weighted by atomic mass is 9.81. The number of nitrogens with one attached hydrogen (secondary N) is 5. The Kier molecular flexibility index (Phi) is 10.9. The van der Waals surface area contributed by atoms with Crippen molar-refractivity contribution in [2.75, 3.05) is 18.9 Å². The van der Waals surface area contributed by atoms with Crippen LogP contribution in [0.1, 0.15) is 36.8 Å². The number of aryl methyl sites for hydroxylation is 1. The largest absolute Gasteiger partial charge is 0.344 e. The number of aromatic amines is 2. The van der Waals surface area contributed by atoms with Gasteiger partial charge in [-0.3, -0.25) is 24.6 Å². The van der Waals surface area contributed by atoms with E-state index in [1.165, 1.54) is 7.05 Å². The first kappa shape index (κ1) is 33.9. The summed E-state index contributed by atoms with van der Waals surface area (Å²) in [5.41, 5.74) is 10.1. The Morgan fingerprint density at radius 3 is 2.33 bits per heavy atom. The maximum atomic E-state index is 13.6. The maximum absolute atomic E-state index is 13.6. The molecule has 240 valence electrons. The molecule has 1 aliphatic rings. The van der Waals surface area contributed by atoms with Crippen molar-refractivity contribution in [3.8, 4) is 11.1 Å². The van der Waals surface area contributed by atoms with Crippen LogP contribution in [0.2, 0.25) is 0 Å². The van der Waals surface area contributed by atoms with Gasteiger partial charge in [0.1, 0.15) is 6.04 Å². The molecule has 0 spiro atoms. The predicted molar refractivity (Wildman–Crippen MR) is 178 cm³/mol. The number of rotatable bonds is 10. The highest BCUT2D eigenvalue weighted by Crippen LogP contribution is 2.29. The van der Waals surface area contributed by atoms with Crippen LogP contribution in [0.4, 0.5) is 5.69 Å². The first-order valence-corrected chi connectivity index (χ1v) is 16.2. The number of sulfonamides is 1. The summed E-state index contributed by atoms with van der Waals surface area (Å²) in [7, 11) is -2.17. The molecule has 4 aromatic rings. The summed E-state index contributed by atoms with van der Waals surface area (Å²) in [5, 5.41) is 11.7. The standard InChI is InChI=1S/C32H38N6O5S.ClH/c1-19-15-25(44(42,43)34-2)12-14-26(19)22-7-3-20(4-8-22)16-29(36-30(39)23-9-5-21(18-33)6-10-23)32(41)35-24-11-13-27-28(17-24)37-38-31(27)40;/h3-4,7-8,11-15,17,21,23,29,34H,5-6,9-10,16,18,33H2,1-2H3,(H,35,41)(H,36,39)(H2,37,38,40);1H/t21-,23-,29-;/m0./s1. The fourth-order valence-electron chi connectivity index (χ4n) is 5.80. The number of H-pyrrole nitrogens is 2. The molecule has 5 rings (SSSR count). The zero-order valence-electron chi connectivity index (χ0n) is 25.2. The number of halogens is 1. The molecular weight excluding hydrogens is 616 g/mol. The average molecular weight is 655 g/mol. The third kappa shape index (κ3) is 7.82. The van der Waals surface area contributed by atoms with Crippen molar-refractivity contribution < 1.29 is 18.0 Å². The van der Waals surface area contributed by atoms with Crippen LogP contribution in [-0.4, -0.2) is 50.1 Å². The zero-order valence-corrected chi connectivity index (χ0v) is 26.8. The SMILES string of the molecule is CNS(=O)(=O)c1ccc(-c2ccc(C[C@H](NC(=O)[C@H]3CC[C@H](CN)CC3)C(=O)Nc3ccc4c(=O)[nH][nH]c4c3)cc2)c(C)c1.Cl. The number of amides is 2. The molecule has 13 heteroatoms. The van der Waals surface area contributed by atoms with Gasteiger partial charge in [0.15, 0.2) is 0 Å². The van der Waals surface area contributed by atoms with Crippen molar-refractivity contribution in [2.24, 2.45) is 17.6 Å². The van der Waals surface area contributed by atoms with Crippen LogP contribution in [0, 0.1) is 18.8 Å². The molecule has 1 atom stereocenters. The van der Waals surface area contributed by atoms with Crippen molar-refractivity contribution in [3.05, 3.63) is 82.1 Å². The van der Waals surface area contributed by atoms with Crippen LogP contribution in [0.25, 0.3) is 22.0 Å². The lowest BCUT2D eigenvalue weighted by Gasteiger charge is -2.28. The number of carbonyl (C=O) groups excluding carboxylic acids is 2. The number of hydrogen-bond donors (Lipinski definition) is 6. The van der Waals surface area contributed by atoms with E-state index in [-0.39, 0.29) is 47.0 Å². The Bertz CT molecular complexity index is 1830.